The molecule has 0 saturated heterocycles. The molecule has 24 heavy (non-hydrogen) atoms. The summed E-state index contributed by atoms with van der Waals surface area (Å²) in [6.07, 6.45) is 7.96. The molecule has 0 spiro atoms. The highest BCUT2D eigenvalue weighted by molar-refractivity contribution is 7.90. The Bertz CT molecular complexity index is 633. The Morgan fingerprint density at radius 3 is 2.00 bits per heavy atom. The molecule has 0 bridgehead atoms. The van der Waals surface area contributed by atoms with Crippen LogP contribution in [0.15, 0.2) is 24.3 Å². The van der Waals surface area contributed by atoms with E-state index in [1.165, 1.54) is 37.7 Å². The first kappa shape index (κ1) is 19.5. The Morgan fingerprint density at radius 2 is 1.50 bits per heavy atom. The zero-order valence-corrected chi connectivity index (χ0v) is 16.7. The third kappa shape index (κ3) is 4.82. The second kappa shape index (κ2) is 7.17. The first-order chi connectivity index (χ1) is 11.0. The zero-order chi connectivity index (χ0) is 18.0. The van der Waals surface area contributed by atoms with Gasteiger partial charge < -0.3 is 0 Å². The number of hydrogen-bond donors (Lipinski definition) is 1. The zero-order valence-electron chi connectivity index (χ0n) is 15.9. The summed E-state index contributed by atoms with van der Waals surface area (Å²) in [5, 5.41) is 0. The molecule has 0 heterocycles. The van der Waals surface area contributed by atoms with Crippen LogP contribution in [0.5, 0.6) is 0 Å². The maximum absolute atomic E-state index is 12.5. The molecule has 4 heteroatoms. The molecule has 2 rings (SSSR count). The number of benzene rings is 1. The van der Waals surface area contributed by atoms with Gasteiger partial charge in [-0.3, -0.25) is 0 Å². The number of rotatable bonds is 5. The minimum atomic E-state index is -3.39. The Kier molecular flexibility index (Phi) is 5.81. The van der Waals surface area contributed by atoms with Gasteiger partial charge in [-0.2, -0.15) is 0 Å². The van der Waals surface area contributed by atoms with Crippen LogP contribution in [0.2, 0.25) is 0 Å². The molecule has 0 aliphatic heterocycles. The standard InChI is InChI=1S/C20H33NO2S/c1-19(2,3)24(22,23)21-20(4,5)18-13-11-17(12-14-18)15-16-9-7-6-8-10-16/h11-14,16,21H,6-10,15H2,1-5H3. The fraction of sp³-hybridized carbons (Fsp3) is 0.700. The molecule has 0 amide bonds. The van der Waals surface area contributed by atoms with E-state index in [1.807, 2.05) is 13.8 Å². The van der Waals surface area contributed by atoms with Gasteiger partial charge >= 0.3 is 0 Å². The van der Waals surface area contributed by atoms with Crippen LogP contribution in [0, 0.1) is 5.92 Å². The van der Waals surface area contributed by atoms with Crippen LogP contribution >= 0.6 is 0 Å². The summed E-state index contributed by atoms with van der Waals surface area (Å²) < 4.78 is 27.0. The highest BCUT2D eigenvalue weighted by Crippen LogP contribution is 2.29. The molecule has 3 nitrogen and oxygen atoms in total. The summed E-state index contributed by atoms with van der Waals surface area (Å²) in [5.74, 6) is 0.817. The minimum Gasteiger partial charge on any atom is -0.212 e. The van der Waals surface area contributed by atoms with Gasteiger partial charge in [-0.15, -0.1) is 0 Å². The van der Waals surface area contributed by atoms with Gasteiger partial charge in [0.05, 0.1) is 10.3 Å². The second-order valence-corrected chi connectivity index (χ2v) is 11.2. The summed E-state index contributed by atoms with van der Waals surface area (Å²) in [6.45, 7) is 9.01. The molecule has 0 unspecified atom stereocenters. The van der Waals surface area contributed by atoms with Crippen LogP contribution in [-0.2, 0) is 22.0 Å². The second-order valence-electron chi connectivity index (χ2n) is 8.75. The Labute approximate surface area is 148 Å². The van der Waals surface area contributed by atoms with Crippen LogP contribution < -0.4 is 4.72 Å². The molecule has 0 radical (unpaired) electrons. The van der Waals surface area contributed by atoms with E-state index in [1.54, 1.807) is 20.8 Å². The third-order valence-corrected chi connectivity index (χ3v) is 7.51. The molecular weight excluding hydrogens is 318 g/mol. The summed E-state index contributed by atoms with van der Waals surface area (Å²) in [5.41, 5.74) is 1.75. The van der Waals surface area contributed by atoms with E-state index in [9.17, 15) is 8.42 Å². The van der Waals surface area contributed by atoms with Crippen LogP contribution in [-0.4, -0.2) is 13.2 Å². The summed E-state index contributed by atoms with van der Waals surface area (Å²) in [4.78, 5) is 0. The molecule has 1 fully saturated rings. The van der Waals surface area contributed by atoms with Crippen molar-refractivity contribution in [1.29, 1.82) is 0 Å². The topological polar surface area (TPSA) is 46.2 Å². The maximum atomic E-state index is 12.5. The van der Waals surface area contributed by atoms with Crippen LogP contribution in [0.25, 0.3) is 0 Å². The van der Waals surface area contributed by atoms with E-state index in [2.05, 4.69) is 29.0 Å². The lowest BCUT2D eigenvalue weighted by Crippen LogP contribution is -2.48. The van der Waals surface area contributed by atoms with E-state index in [-0.39, 0.29) is 0 Å². The molecule has 136 valence electrons. The Balaban J connectivity index is 2.08. The van der Waals surface area contributed by atoms with Crippen molar-refractivity contribution in [3.63, 3.8) is 0 Å². The van der Waals surface area contributed by atoms with Gasteiger partial charge in [-0.1, -0.05) is 56.4 Å². The van der Waals surface area contributed by atoms with E-state index in [0.29, 0.717) is 0 Å². The molecule has 1 aliphatic carbocycles. The average Bonchev–Trinajstić information content (AvgIpc) is 2.46. The number of nitrogens with one attached hydrogen (secondary N) is 1. The highest BCUT2D eigenvalue weighted by atomic mass is 32.2. The summed E-state index contributed by atoms with van der Waals surface area (Å²) in [6, 6.07) is 8.47. The van der Waals surface area contributed by atoms with Crippen LogP contribution in [0.1, 0.15) is 77.8 Å². The fourth-order valence-corrected chi connectivity index (χ4v) is 4.43. The lowest BCUT2D eigenvalue weighted by molar-refractivity contribution is 0.356. The monoisotopic (exact) mass is 351 g/mol. The van der Waals surface area contributed by atoms with Gasteiger partial charge in [0.2, 0.25) is 10.0 Å². The van der Waals surface area contributed by atoms with Gasteiger partial charge in [0.15, 0.2) is 0 Å². The average molecular weight is 352 g/mol. The molecule has 0 aromatic heterocycles. The first-order valence-electron chi connectivity index (χ1n) is 9.14. The normalized spacial score (nSPS) is 17.9. The number of hydrogen-bond acceptors (Lipinski definition) is 2. The van der Waals surface area contributed by atoms with Crippen molar-refractivity contribution in [1.82, 2.24) is 4.72 Å². The van der Waals surface area contributed by atoms with Crippen molar-refractivity contribution in [2.75, 3.05) is 0 Å². The summed E-state index contributed by atoms with van der Waals surface area (Å²) >= 11 is 0. The molecule has 1 saturated carbocycles. The van der Waals surface area contributed by atoms with Crippen molar-refractivity contribution >= 4 is 10.0 Å². The predicted octanol–water partition coefficient (Wildman–Crippen LogP) is 4.76. The molecule has 0 atom stereocenters. The molecule has 1 aromatic carbocycles. The van der Waals surface area contributed by atoms with E-state index >= 15 is 0 Å². The lowest BCUT2D eigenvalue weighted by Gasteiger charge is -2.31. The summed E-state index contributed by atoms with van der Waals surface area (Å²) in [7, 11) is -3.39. The SMILES string of the molecule is CC(C)(NS(=O)(=O)C(C)(C)C)c1ccc(CC2CCCCC2)cc1. The van der Waals surface area contributed by atoms with Crippen molar-refractivity contribution in [3.05, 3.63) is 35.4 Å². The van der Waals surface area contributed by atoms with Crippen molar-refractivity contribution in [3.8, 4) is 0 Å². The molecule has 1 N–H and O–H groups in total. The minimum absolute atomic E-state index is 0.616. The molecule has 1 aliphatic rings. The van der Waals surface area contributed by atoms with Crippen molar-refractivity contribution in [2.24, 2.45) is 5.92 Å². The van der Waals surface area contributed by atoms with Crippen molar-refractivity contribution < 1.29 is 8.42 Å². The third-order valence-electron chi connectivity index (χ3n) is 5.12. The fourth-order valence-electron chi connectivity index (χ4n) is 3.33. The van der Waals surface area contributed by atoms with E-state index in [4.69, 9.17) is 0 Å². The largest absolute Gasteiger partial charge is 0.217 e. The Hall–Kier alpha value is -0.870. The van der Waals surface area contributed by atoms with Crippen LogP contribution in [0.3, 0.4) is 0 Å². The van der Waals surface area contributed by atoms with Gasteiger partial charge in [-0.05, 0) is 58.1 Å². The maximum Gasteiger partial charge on any atom is 0.217 e. The smallest absolute Gasteiger partial charge is 0.212 e. The van der Waals surface area contributed by atoms with Gasteiger partial charge in [0.1, 0.15) is 0 Å². The quantitative estimate of drug-likeness (QED) is 0.831. The lowest BCUT2D eigenvalue weighted by atomic mass is 9.84. The van der Waals surface area contributed by atoms with Crippen LogP contribution in [0.4, 0.5) is 0 Å². The van der Waals surface area contributed by atoms with E-state index < -0.39 is 20.3 Å². The molecular formula is C20H33NO2S. The first-order valence-corrected chi connectivity index (χ1v) is 10.6. The van der Waals surface area contributed by atoms with Gasteiger partial charge in [0, 0.05) is 0 Å². The number of sulfonamides is 1. The molecule has 1 aromatic rings. The van der Waals surface area contributed by atoms with Gasteiger partial charge in [0.25, 0.3) is 0 Å². The van der Waals surface area contributed by atoms with E-state index in [0.717, 1.165) is 17.9 Å². The Morgan fingerprint density at radius 1 is 0.958 bits per heavy atom. The predicted molar refractivity (Wildman–Crippen MR) is 102 cm³/mol. The van der Waals surface area contributed by atoms with Gasteiger partial charge in [-0.25, -0.2) is 13.1 Å². The highest BCUT2D eigenvalue weighted by Gasteiger charge is 2.35. The van der Waals surface area contributed by atoms with Crippen molar-refractivity contribution in [2.45, 2.75) is 83.4 Å².